The molecule has 2 rings (SSSR count). The summed E-state index contributed by atoms with van der Waals surface area (Å²) >= 11 is 5.52. The maximum absolute atomic E-state index is 12.9. The number of nitrogens with one attached hydrogen (secondary N) is 1. The maximum atomic E-state index is 12.9. The second-order valence-corrected chi connectivity index (χ2v) is 8.45. The van der Waals surface area contributed by atoms with Crippen LogP contribution in [0.25, 0.3) is 0 Å². The van der Waals surface area contributed by atoms with Crippen molar-refractivity contribution in [1.82, 2.24) is 0 Å². The molecule has 0 fully saturated rings. The third-order valence-corrected chi connectivity index (χ3v) is 5.17. The lowest BCUT2D eigenvalue weighted by Crippen LogP contribution is -2.30. The number of ether oxygens (including phenoxy) is 1. The van der Waals surface area contributed by atoms with Gasteiger partial charge in [-0.25, -0.2) is 13.2 Å². The molecule has 0 saturated carbocycles. The van der Waals surface area contributed by atoms with Gasteiger partial charge in [0.25, 0.3) is 5.91 Å². The average molecular weight is 450 g/mol. The van der Waals surface area contributed by atoms with E-state index in [1.54, 1.807) is 0 Å². The fraction of sp³-hybridized carbons (Fsp3) is 0.222. The van der Waals surface area contributed by atoms with Gasteiger partial charge in [-0.1, -0.05) is 11.6 Å². The highest BCUT2D eigenvalue weighted by Gasteiger charge is 2.33. The van der Waals surface area contributed by atoms with Crippen molar-refractivity contribution in [3.05, 3.63) is 58.6 Å². The lowest BCUT2D eigenvalue weighted by Gasteiger charge is -2.15. The van der Waals surface area contributed by atoms with Crippen LogP contribution in [-0.4, -0.2) is 32.7 Å². The minimum atomic E-state index is -4.70. The summed E-state index contributed by atoms with van der Waals surface area (Å²) in [6.07, 6.45) is -5.02. The molecule has 1 amide bonds. The minimum absolute atomic E-state index is 0.00269. The highest BCUT2D eigenvalue weighted by molar-refractivity contribution is 7.90. The van der Waals surface area contributed by atoms with Crippen LogP contribution in [0.1, 0.15) is 22.8 Å². The number of sulfone groups is 1. The number of esters is 1. The van der Waals surface area contributed by atoms with Crippen molar-refractivity contribution in [1.29, 1.82) is 0 Å². The van der Waals surface area contributed by atoms with E-state index in [4.69, 9.17) is 16.3 Å². The second kappa shape index (κ2) is 8.42. The SMILES string of the molecule is C[C@H](OC(=O)c1ccc(S(C)(=O)=O)cc1)C(=O)Nc1ccc(Cl)c(C(F)(F)F)c1. The van der Waals surface area contributed by atoms with E-state index >= 15 is 0 Å². The van der Waals surface area contributed by atoms with E-state index in [-0.39, 0.29) is 16.1 Å². The van der Waals surface area contributed by atoms with Gasteiger partial charge < -0.3 is 10.1 Å². The number of anilines is 1. The van der Waals surface area contributed by atoms with E-state index in [9.17, 15) is 31.2 Å². The first kappa shape index (κ1) is 22.7. The Labute approximate surface area is 169 Å². The molecule has 6 nitrogen and oxygen atoms in total. The molecule has 0 aliphatic rings. The molecule has 0 spiro atoms. The van der Waals surface area contributed by atoms with Gasteiger partial charge in [-0.05, 0) is 49.4 Å². The second-order valence-electron chi connectivity index (χ2n) is 6.03. The first-order chi connectivity index (χ1) is 13.3. The van der Waals surface area contributed by atoms with E-state index in [0.717, 1.165) is 12.3 Å². The maximum Gasteiger partial charge on any atom is 0.417 e. The van der Waals surface area contributed by atoms with Crippen molar-refractivity contribution in [3.63, 3.8) is 0 Å². The van der Waals surface area contributed by atoms with Gasteiger partial charge in [0.05, 0.1) is 21.0 Å². The van der Waals surface area contributed by atoms with E-state index in [0.29, 0.717) is 6.07 Å². The molecule has 0 aliphatic heterocycles. The van der Waals surface area contributed by atoms with Gasteiger partial charge >= 0.3 is 12.1 Å². The number of carbonyl (C=O) groups is 2. The third-order valence-electron chi connectivity index (χ3n) is 3.71. The van der Waals surface area contributed by atoms with Crippen LogP contribution in [0.15, 0.2) is 47.4 Å². The van der Waals surface area contributed by atoms with Gasteiger partial charge in [-0.2, -0.15) is 13.2 Å². The zero-order valence-electron chi connectivity index (χ0n) is 15.1. The van der Waals surface area contributed by atoms with Crippen molar-refractivity contribution in [3.8, 4) is 0 Å². The monoisotopic (exact) mass is 449 g/mol. The van der Waals surface area contributed by atoms with Crippen molar-refractivity contribution in [2.24, 2.45) is 0 Å². The van der Waals surface area contributed by atoms with E-state index < -0.39 is 44.6 Å². The molecule has 0 bridgehead atoms. The number of rotatable bonds is 5. The smallest absolute Gasteiger partial charge is 0.417 e. The molecule has 0 aromatic heterocycles. The van der Waals surface area contributed by atoms with Gasteiger partial charge in [0.15, 0.2) is 15.9 Å². The number of alkyl halides is 3. The Kier molecular flexibility index (Phi) is 6.59. The van der Waals surface area contributed by atoms with Crippen LogP contribution in [0.3, 0.4) is 0 Å². The molecule has 2 aromatic carbocycles. The summed E-state index contributed by atoms with van der Waals surface area (Å²) in [4.78, 5) is 24.2. The number of hydrogen-bond acceptors (Lipinski definition) is 5. The summed E-state index contributed by atoms with van der Waals surface area (Å²) in [6, 6.07) is 7.69. The average Bonchev–Trinajstić information content (AvgIpc) is 2.61. The molecular weight excluding hydrogens is 435 g/mol. The molecule has 0 aliphatic carbocycles. The topological polar surface area (TPSA) is 89.5 Å². The van der Waals surface area contributed by atoms with Crippen LogP contribution in [0.4, 0.5) is 18.9 Å². The number of benzene rings is 2. The highest BCUT2D eigenvalue weighted by Crippen LogP contribution is 2.36. The van der Waals surface area contributed by atoms with Crippen molar-refractivity contribution in [2.75, 3.05) is 11.6 Å². The Morgan fingerprint density at radius 2 is 1.69 bits per heavy atom. The number of hydrogen-bond donors (Lipinski definition) is 1. The first-order valence-electron chi connectivity index (χ1n) is 7.98. The van der Waals surface area contributed by atoms with Crippen molar-refractivity contribution >= 4 is 39.0 Å². The Balaban J connectivity index is 2.06. The molecule has 156 valence electrons. The molecule has 11 heteroatoms. The van der Waals surface area contributed by atoms with Crippen LogP contribution in [-0.2, 0) is 25.5 Å². The molecular formula is C18H15ClF3NO5S. The predicted octanol–water partition coefficient (Wildman–Crippen LogP) is 3.95. The molecule has 0 saturated heterocycles. The number of carbonyl (C=O) groups excluding carboxylic acids is 2. The standard InChI is InChI=1S/C18H15ClF3NO5S/c1-10(28-17(25)11-3-6-13(7-4-11)29(2,26)27)16(24)23-12-5-8-15(19)14(9-12)18(20,21)22/h3-10H,1-2H3,(H,23,24)/t10-/m0/s1. The van der Waals surface area contributed by atoms with Crippen LogP contribution in [0, 0.1) is 0 Å². The van der Waals surface area contributed by atoms with E-state index in [2.05, 4.69) is 5.32 Å². The summed E-state index contributed by atoms with van der Waals surface area (Å²) < 4.78 is 66.4. The van der Waals surface area contributed by atoms with Crippen LogP contribution >= 0.6 is 11.6 Å². The summed E-state index contributed by atoms with van der Waals surface area (Å²) in [5.41, 5.74) is -1.29. The largest absolute Gasteiger partial charge is 0.449 e. The molecule has 1 atom stereocenters. The van der Waals surface area contributed by atoms with E-state index in [1.165, 1.54) is 37.3 Å². The van der Waals surface area contributed by atoms with Gasteiger partial charge in [-0.3, -0.25) is 4.79 Å². The van der Waals surface area contributed by atoms with Crippen LogP contribution in [0.5, 0.6) is 0 Å². The molecule has 0 heterocycles. The fourth-order valence-corrected chi connectivity index (χ4v) is 3.04. The molecule has 0 unspecified atom stereocenters. The summed E-state index contributed by atoms with van der Waals surface area (Å²) in [5, 5.41) is 1.69. The first-order valence-corrected chi connectivity index (χ1v) is 10.2. The van der Waals surface area contributed by atoms with Crippen LogP contribution in [0.2, 0.25) is 5.02 Å². The predicted molar refractivity (Wildman–Crippen MR) is 99.5 cm³/mol. The fourth-order valence-electron chi connectivity index (χ4n) is 2.18. The summed E-state index contributed by atoms with van der Waals surface area (Å²) in [6.45, 7) is 1.23. The highest BCUT2D eigenvalue weighted by atomic mass is 35.5. The van der Waals surface area contributed by atoms with Crippen molar-refractivity contribution in [2.45, 2.75) is 24.1 Å². The van der Waals surface area contributed by atoms with Crippen LogP contribution < -0.4 is 5.32 Å². The van der Waals surface area contributed by atoms with Gasteiger partial charge in [0.1, 0.15) is 0 Å². The Hall–Kier alpha value is -2.59. The van der Waals surface area contributed by atoms with E-state index in [1.807, 2.05) is 0 Å². The number of halogens is 4. The molecule has 2 aromatic rings. The third kappa shape index (κ3) is 5.94. The van der Waals surface area contributed by atoms with Gasteiger partial charge in [-0.15, -0.1) is 0 Å². The Morgan fingerprint density at radius 3 is 2.21 bits per heavy atom. The molecule has 0 radical (unpaired) electrons. The lowest BCUT2D eigenvalue weighted by atomic mass is 10.2. The van der Waals surface area contributed by atoms with Gasteiger partial charge in [0, 0.05) is 11.9 Å². The van der Waals surface area contributed by atoms with Crippen molar-refractivity contribution < 1.29 is 35.9 Å². The minimum Gasteiger partial charge on any atom is -0.449 e. The number of amides is 1. The zero-order chi connectivity index (χ0) is 22.0. The molecule has 1 N–H and O–H groups in total. The summed E-state index contributed by atoms with van der Waals surface area (Å²) in [5.74, 6) is -1.76. The van der Waals surface area contributed by atoms with Gasteiger partial charge in [0.2, 0.25) is 0 Å². The normalized spacial score (nSPS) is 12.9. The summed E-state index contributed by atoms with van der Waals surface area (Å²) in [7, 11) is -3.44. The Morgan fingerprint density at radius 1 is 1.10 bits per heavy atom. The Bertz CT molecular complexity index is 1040. The lowest BCUT2D eigenvalue weighted by molar-refractivity contribution is -0.137. The molecule has 29 heavy (non-hydrogen) atoms. The quantitative estimate of drug-likeness (QED) is 0.698. The zero-order valence-corrected chi connectivity index (χ0v) is 16.7.